The lowest BCUT2D eigenvalue weighted by Gasteiger charge is -2.09. The molecular weight excluding hydrogens is 421 g/mol. The number of hydrogen-bond acceptors (Lipinski definition) is 5. The number of benzene rings is 2. The van der Waals surface area contributed by atoms with Crippen LogP contribution in [0.3, 0.4) is 0 Å². The first-order valence-corrected chi connectivity index (χ1v) is 10.2. The van der Waals surface area contributed by atoms with Gasteiger partial charge in [0.15, 0.2) is 5.65 Å². The van der Waals surface area contributed by atoms with E-state index in [1.807, 2.05) is 12.1 Å². The Hall–Kier alpha value is -4.66. The molecule has 0 spiro atoms. The van der Waals surface area contributed by atoms with Crippen LogP contribution in [0, 0.1) is 5.82 Å². The lowest BCUT2D eigenvalue weighted by molar-refractivity contribution is 0.596. The van der Waals surface area contributed by atoms with Gasteiger partial charge in [-0.3, -0.25) is 14.5 Å². The van der Waals surface area contributed by atoms with Crippen molar-refractivity contribution in [2.24, 2.45) is 0 Å². The van der Waals surface area contributed by atoms with Gasteiger partial charge in [-0.25, -0.2) is 19.3 Å². The molecule has 0 amide bonds. The lowest BCUT2D eigenvalue weighted by Crippen LogP contribution is -2.21. The van der Waals surface area contributed by atoms with Crippen molar-refractivity contribution in [3.8, 4) is 22.5 Å². The number of para-hydroxylation sites is 1. The third-order valence-corrected chi connectivity index (χ3v) is 5.59. The molecule has 0 aliphatic carbocycles. The minimum Gasteiger partial charge on any atom is -0.323 e. The van der Waals surface area contributed by atoms with Crippen LogP contribution in [0.15, 0.2) is 78.2 Å². The van der Waals surface area contributed by atoms with Crippen LogP contribution in [0.25, 0.3) is 44.6 Å². The number of halogens is 1. The highest BCUT2D eigenvalue weighted by molar-refractivity contribution is 5.91. The molecule has 6 aromatic rings. The first kappa shape index (κ1) is 19.1. The molecule has 0 saturated carbocycles. The quantitative estimate of drug-likeness (QED) is 0.435. The van der Waals surface area contributed by atoms with Crippen LogP contribution in [0.4, 0.5) is 4.39 Å². The Kier molecular flexibility index (Phi) is 4.32. The van der Waals surface area contributed by atoms with E-state index in [4.69, 9.17) is 0 Å². The largest absolute Gasteiger partial charge is 0.323 e. The number of hydrogen-bond donors (Lipinski definition) is 2. The molecular formula is C24H16FN7O. The van der Waals surface area contributed by atoms with Crippen molar-refractivity contribution in [2.45, 2.75) is 6.54 Å². The second-order valence-electron chi connectivity index (χ2n) is 7.63. The molecule has 0 fully saturated rings. The first-order chi connectivity index (χ1) is 16.2. The maximum atomic E-state index is 15.1. The molecule has 8 nitrogen and oxygen atoms in total. The van der Waals surface area contributed by atoms with E-state index >= 15 is 4.39 Å². The number of H-pyrrole nitrogens is 2. The summed E-state index contributed by atoms with van der Waals surface area (Å²) in [5.41, 5.74) is 4.25. The summed E-state index contributed by atoms with van der Waals surface area (Å²) in [7, 11) is 0. The van der Waals surface area contributed by atoms with Gasteiger partial charge < -0.3 is 4.98 Å². The van der Waals surface area contributed by atoms with Crippen molar-refractivity contribution in [2.75, 3.05) is 0 Å². The van der Waals surface area contributed by atoms with Crippen molar-refractivity contribution in [3.63, 3.8) is 0 Å². The van der Waals surface area contributed by atoms with E-state index in [2.05, 4.69) is 30.1 Å². The number of aromatic nitrogens is 7. The third kappa shape index (κ3) is 3.26. The maximum absolute atomic E-state index is 15.1. The maximum Gasteiger partial charge on any atom is 0.261 e. The zero-order valence-electron chi connectivity index (χ0n) is 17.2. The van der Waals surface area contributed by atoms with Gasteiger partial charge in [-0.05, 0) is 29.8 Å². The van der Waals surface area contributed by atoms with Gasteiger partial charge >= 0.3 is 0 Å². The minimum absolute atomic E-state index is 0.0849. The van der Waals surface area contributed by atoms with Crippen LogP contribution in [0.1, 0.15) is 5.56 Å². The number of rotatable bonds is 4. The third-order valence-electron chi connectivity index (χ3n) is 5.59. The highest BCUT2D eigenvalue weighted by Crippen LogP contribution is 2.29. The van der Waals surface area contributed by atoms with E-state index in [0.29, 0.717) is 39.0 Å². The minimum atomic E-state index is -0.414. The molecule has 4 heterocycles. The van der Waals surface area contributed by atoms with Gasteiger partial charge in [0.25, 0.3) is 5.56 Å². The van der Waals surface area contributed by atoms with Gasteiger partial charge in [0.2, 0.25) is 0 Å². The fourth-order valence-electron chi connectivity index (χ4n) is 3.91. The van der Waals surface area contributed by atoms with Gasteiger partial charge in [0.1, 0.15) is 17.2 Å². The molecule has 0 radical (unpaired) electrons. The van der Waals surface area contributed by atoms with Crippen LogP contribution in [0.2, 0.25) is 0 Å². The molecule has 6 rings (SSSR count). The number of nitrogens with one attached hydrogen (secondary N) is 2. The number of imidazole rings is 1. The Morgan fingerprint density at radius 1 is 1.03 bits per heavy atom. The average molecular weight is 437 g/mol. The highest BCUT2D eigenvalue weighted by Gasteiger charge is 2.14. The van der Waals surface area contributed by atoms with Crippen molar-refractivity contribution in [3.05, 3.63) is 95.2 Å². The standard InChI is InChI=1S/C24H16FN7O/c25-19-9-14(17-7-8-26-23-21(17)30-22(31-23)16-10-28-29-11-16)5-6-15(19)12-32-13-27-20-4-2-1-3-18(20)24(32)33/h1-11,13H,12H2,(H,28,29)(H,26,30,31). The molecule has 0 aliphatic heterocycles. The SMILES string of the molecule is O=c1c2ccccc2ncn1Cc1ccc(-c2ccnc3[nH]c(-c4cn[nH]c4)nc23)cc1F. The van der Waals surface area contributed by atoms with E-state index in [1.165, 1.54) is 17.0 Å². The topological polar surface area (TPSA) is 105 Å². The highest BCUT2D eigenvalue weighted by atomic mass is 19.1. The molecule has 2 N–H and O–H groups in total. The zero-order valence-corrected chi connectivity index (χ0v) is 17.2. The molecule has 0 bridgehead atoms. The number of nitrogens with zero attached hydrogens (tertiary/aromatic N) is 5. The first-order valence-electron chi connectivity index (χ1n) is 10.2. The van der Waals surface area contributed by atoms with Crippen molar-refractivity contribution < 1.29 is 4.39 Å². The van der Waals surface area contributed by atoms with Crippen molar-refractivity contribution >= 4 is 22.1 Å². The molecule has 9 heteroatoms. The van der Waals surface area contributed by atoms with E-state index in [1.54, 1.807) is 48.9 Å². The Morgan fingerprint density at radius 2 is 1.94 bits per heavy atom. The molecule has 33 heavy (non-hydrogen) atoms. The number of pyridine rings is 1. The number of aromatic amines is 2. The smallest absolute Gasteiger partial charge is 0.261 e. The monoisotopic (exact) mass is 437 g/mol. The Labute approximate surface area is 185 Å². The van der Waals surface area contributed by atoms with Gasteiger partial charge in [0, 0.05) is 23.5 Å². The molecule has 0 atom stereocenters. The van der Waals surface area contributed by atoms with Crippen LogP contribution in [-0.2, 0) is 6.54 Å². The van der Waals surface area contributed by atoms with Crippen LogP contribution < -0.4 is 5.56 Å². The van der Waals surface area contributed by atoms with Crippen LogP contribution in [-0.4, -0.2) is 34.7 Å². The van der Waals surface area contributed by atoms with E-state index in [0.717, 1.165) is 11.1 Å². The molecule has 0 aliphatic rings. The average Bonchev–Trinajstić information content (AvgIpc) is 3.52. The molecule has 2 aromatic carbocycles. The van der Waals surface area contributed by atoms with Crippen LogP contribution in [0.5, 0.6) is 0 Å². The summed E-state index contributed by atoms with van der Waals surface area (Å²) in [6.45, 7) is 0.0849. The normalized spacial score (nSPS) is 11.4. The predicted molar refractivity (Wildman–Crippen MR) is 122 cm³/mol. The molecule has 0 unspecified atom stereocenters. The zero-order chi connectivity index (χ0) is 22.4. The van der Waals surface area contributed by atoms with E-state index in [-0.39, 0.29) is 12.1 Å². The molecule has 160 valence electrons. The van der Waals surface area contributed by atoms with Crippen molar-refractivity contribution in [1.82, 2.24) is 34.7 Å². The second-order valence-corrected chi connectivity index (χ2v) is 7.63. The molecule has 0 saturated heterocycles. The summed E-state index contributed by atoms with van der Waals surface area (Å²) in [6, 6.07) is 13.9. The van der Waals surface area contributed by atoms with Gasteiger partial charge in [0.05, 0.1) is 35.5 Å². The van der Waals surface area contributed by atoms with E-state index < -0.39 is 5.82 Å². The van der Waals surface area contributed by atoms with Gasteiger partial charge in [-0.2, -0.15) is 5.10 Å². The summed E-state index contributed by atoms with van der Waals surface area (Å²) in [5.74, 6) is 0.210. The molecule has 4 aromatic heterocycles. The van der Waals surface area contributed by atoms with Crippen molar-refractivity contribution in [1.29, 1.82) is 0 Å². The van der Waals surface area contributed by atoms with Gasteiger partial charge in [-0.1, -0.05) is 24.3 Å². The van der Waals surface area contributed by atoms with E-state index in [9.17, 15) is 4.79 Å². The second kappa shape index (κ2) is 7.49. The van der Waals surface area contributed by atoms with Crippen LogP contribution >= 0.6 is 0 Å². The summed E-state index contributed by atoms with van der Waals surface area (Å²) in [4.78, 5) is 29.2. The summed E-state index contributed by atoms with van der Waals surface area (Å²) >= 11 is 0. The fourth-order valence-corrected chi connectivity index (χ4v) is 3.91. The summed E-state index contributed by atoms with van der Waals surface area (Å²) in [5, 5.41) is 7.20. The summed E-state index contributed by atoms with van der Waals surface area (Å²) in [6.07, 6.45) is 6.50. The Balaban J connectivity index is 1.37. The Morgan fingerprint density at radius 3 is 2.79 bits per heavy atom. The predicted octanol–water partition coefficient (Wildman–Crippen LogP) is 3.91. The fraction of sp³-hybridized carbons (Fsp3) is 0.0417. The van der Waals surface area contributed by atoms with Gasteiger partial charge in [-0.15, -0.1) is 0 Å². The summed E-state index contributed by atoms with van der Waals surface area (Å²) < 4.78 is 16.5. The lowest BCUT2D eigenvalue weighted by atomic mass is 10.0. The number of fused-ring (bicyclic) bond motifs is 2. The Bertz CT molecular complexity index is 1690.